The summed E-state index contributed by atoms with van der Waals surface area (Å²) < 4.78 is 5.27. The van der Waals surface area contributed by atoms with Gasteiger partial charge in [0.2, 0.25) is 0 Å². The van der Waals surface area contributed by atoms with Crippen LogP contribution in [0.4, 0.5) is 0 Å². The number of thioether (sulfide) groups is 1. The van der Waals surface area contributed by atoms with E-state index in [1.54, 1.807) is 6.92 Å². The maximum atomic E-state index is 12.3. The number of amides is 1. The first-order chi connectivity index (χ1) is 11.5. The Kier molecular flexibility index (Phi) is 7.16. The SMILES string of the molecule is C[C@@H]1[C@H](C)CCC[C@@H]1NC(=O)[C@@H](C)OC(=O)CSc1ccccc1. The van der Waals surface area contributed by atoms with Gasteiger partial charge in [0.05, 0.1) is 5.75 Å². The average molecular weight is 349 g/mol. The molecule has 0 spiro atoms. The smallest absolute Gasteiger partial charge is 0.317 e. The van der Waals surface area contributed by atoms with E-state index in [-0.39, 0.29) is 23.7 Å². The molecule has 0 radical (unpaired) electrons. The van der Waals surface area contributed by atoms with Gasteiger partial charge in [-0.3, -0.25) is 9.59 Å². The Balaban J connectivity index is 1.75. The lowest BCUT2D eigenvalue weighted by molar-refractivity contribution is -0.152. The van der Waals surface area contributed by atoms with Crippen LogP contribution in [-0.2, 0) is 14.3 Å². The van der Waals surface area contributed by atoms with Gasteiger partial charge >= 0.3 is 5.97 Å². The van der Waals surface area contributed by atoms with E-state index >= 15 is 0 Å². The Hall–Kier alpha value is -1.49. The fourth-order valence-electron chi connectivity index (χ4n) is 3.03. The predicted molar refractivity (Wildman–Crippen MR) is 96.8 cm³/mol. The minimum Gasteiger partial charge on any atom is -0.452 e. The summed E-state index contributed by atoms with van der Waals surface area (Å²) >= 11 is 1.41. The molecule has 1 aromatic rings. The Bertz CT molecular complexity index is 549. The molecular formula is C19H27NO3S. The second kappa shape index (κ2) is 9.11. The van der Waals surface area contributed by atoms with Crippen LogP contribution in [0.1, 0.15) is 40.0 Å². The van der Waals surface area contributed by atoms with Crippen molar-refractivity contribution in [1.82, 2.24) is 5.32 Å². The number of hydrogen-bond donors (Lipinski definition) is 1. The summed E-state index contributed by atoms with van der Waals surface area (Å²) in [7, 11) is 0. The maximum absolute atomic E-state index is 12.3. The summed E-state index contributed by atoms with van der Waals surface area (Å²) in [4.78, 5) is 25.2. The van der Waals surface area contributed by atoms with Crippen molar-refractivity contribution in [3.8, 4) is 0 Å². The highest BCUT2D eigenvalue weighted by Crippen LogP contribution is 2.29. The van der Waals surface area contributed by atoms with E-state index in [4.69, 9.17) is 4.74 Å². The Morgan fingerprint density at radius 2 is 1.96 bits per heavy atom. The maximum Gasteiger partial charge on any atom is 0.317 e. The molecule has 1 aromatic carbocycles. The van der Waals surface area contributed by atoms with Crippen molar-refractivity contribution in [3.05, 3.63) is 30.3 Å². The molecule has 1 saturated carbocycles. The van der Waals surface area contributed by atoms with Crippen LogP contribution in [0.3, 0.4) is 0 Å². The van der Waals surface area contributed by atoms with Crippen molar-refractivity contribution < 1.29 is 14.3 Å². The molecule has 1 aliphatic carbocycles. The lowest BCUT2D eigenvalue weighted by Crippen LogP contribution is -2.47. The van der Waals surface area contributed by atoms with Crippen molar-refractivity contribution >= 4 is 23.6 Å². The average Bonchev–Trinajstić information content (AvgIpc) is 2.58. The lowest BCUT2D eigenvalue weighted by atomic mass is 9.78. The van der Waals surface area contributed by atoms with Crippen LogP contribution in [0.25, 0.3) is 0 Å². The molecule has 1 N–H and O–H groups in total. The molecule has 5 heteroatoms. The molecule has 0 unspecified atom stereocenters. The summed E-state index contributed by atoms with van der Waals surface area (Å²) in [5, 5.41) is 3.06. The van der Waals surface area contributed by atoms with Gasteiger partial charge in [-0.25, -0.2) is 0 Å². The molecule has 0 saturated heterocycles. The topological polar surface area (TPSA) is 55.4 Å². The number of carbonyl (C=O) groups excluding carboxylic acids is 2. The molecule has 132 valence electrons. The summed E-state index contributed by atoms with van der Waals surface area (Å²) in [5.41, 5.74) is 0. The van der Waals surface area contributed by atoms with Gasteiger partial charge in [0.1, 0.15) is 0 Å². The van der Waals surface area contributed by atoms with E-state index < -0.39 is 6.10 Å². The molecule has 1 aliphatic rings. The standard InChI is InChI=1S/C19H27NO3S/c1-13-8-7-11-17(14(13)2)20-19(22)15(3)23-18(21)12-24-16-9-5-4-6-10-16/h4-6,9-10,13-15,17H,7-8,11-12H2,1-3H3,(H,20,22)/t13-,14-,15-,17+/m1/s1. The van der Waals surface area contributed by atoms with Crippen LogP contribution in [-0.4, -0.2) is 29.8 Å². The van der Waals surface area contributed by atoms with Crippen molar-refractivity contribution in [1.29, 1.82) is 0 Å². The number of esters is 1. The highest BCUT2D eigenvalue weighted by atomic mass is 32.2. The molecule has 0 aliphatic heterocycles. The molecule has 0 heterocycles. The van der Waals surface area contributed by atoms with E-state index in [9.17, 15) is 9.59 Å². The number of carbonyl (C=O) groups is 2. The van der Waals surface area contributed by atoms with Crippen LogP contribution < -0.4 is 5.32 Å². The fraction of sp³-hybridized carbons (Fsp3) is 0.579. The van der Waals surface area contributed by atoms with Gasteiger partial charge in [-0.05, 0) is 37.3 Å². The minimum atomic E-state index is -0.752. The zero-order chi connectivity index (χ0) is 17.5. The molecule has 2 rings (SSSR count). The van der Waals surface area contributed by atoms with E-state index in [2.05, 4.69) is 19.2 Å². The van der Waals surface area contributed by atoms with E-state index in [0.717, 1.165) is 17.7 Å². The van der Waals surface area contributed by atoms with Gasteiger partial charge < -0.3 is 10.1 Å². The van der Waals surface area contributed by atoms with Gasteiger partial charge in [0, 0.05) is 10.9 Å². The normalized spacial score (nSPS) is 24.9. The largest absolute Gasteiger partial charge is 0.452 e. The first kappa shape index (κ1) is 18.8. The number of nitrogens with one attached hydrogen (secondary N) is 1. The fourth-order valence-corrected chi connectivity index (χ4v) is 3.73. The molecule has 0 aromatic heterocycles. The zero-order valence-electron chi connectivity index (χ0n) is 14.7. The lowest BCUT2D eigenvalue weighted by Gasteiger charge is -2.35. The number of hydrogen-bond acceptors (Lipinski definition) is 4. The van der Waals surface area contributed by atoms with Gasteiger partial charge in [-0.15, -0.1) is 11.8 Å². The monoisotopic (exact) mass is 349 g/mol. The number of benzene rings is 1. The third-order valence-electron chi connectivity index (χ3n) is 4.81. The molecule has 4 atom stereocenters. The summed E-state index contributed by atoms with van der Waals surface area (Å²) in [6, 6.07) is 9.86. The molecule has 1 fully saturated rings. The highest BCUT2D eigenvalue weighted by Gasteiger charge is 2.30. The first-order valence-corrected chi connectivity index (χ1v) is 9.63. The van der Waals surface area contributed by atoms with Crippen molar-refractivity contribution in [3.63, 3.8) is 0 Å². The molecule has 0 bridgehead atoms. The summed E-state index contributed by atoms with van der Waals surface area (Å²) in [5.74, 6) is 0.720. The zero-order valence-corrected chi connectivity index (χ0v) is 15.5. The van der Waals surface area contributed by atoms with Gasteiger partial charge in [-0.2, -0.15) is 0 Å². The molecule has 1 amide bonds. The van der Waals surface area contributed by atoms with Gasteiger partial charge in [0.25, 0.3) is 5.91 Å². The Morgan fingerprint density at radius 1 is 1.25 bits per heavy atom. The van der Waals surface area contributed by atoms with E-state index in [1.807, 2.05) is 30.3 Å². The summed E-state index contributed by atoms with van der Waals surface area (Å²) in [6.45, 7) is 6.05. The highest BCUT2D eigenvalue weighted by molar-refractivity contribution is 8.00. The second-order valence-electron chi connectivity index (χ2n) is 6.62. The van der Waals surface area contributed by atoms with Crippen LogP contribution in [0.2, 0.25) is 0 Å². The predicted octanol–water partition coefficient (Wildman–Crippen LogP) is 3.65. The minimum absolute atomic E-state index is 0.182. The van der Waals surface area contributed by atoms with Gasteiger partial charge in [0.15, 0.2) is 6.10 Å². The van der Waals surface area contributed by atoms with Crippen molar-refractivity contribution in [2.24, 2.45) is 11.8 Å². The van der Waals surface area contributed by atoms with Crippen LogP contribution in [0.15, 0.2) is 35.2 Å². The van der Waals surface area contributed by atoms with Crippen LogP contribution in [0, 0.1) is 11.8 Å². The third-order valence-corrected chi connectivity index (χ3v) is 5.80. The van der Waals surface area contributed by atoms with Crippen molar-refractivity contribution in [2.45, 2.75) is 57.1 Å². The van der Waals surface area contributed by atoms with Crippen LogP contribution >= 0.6 is 11.8 Å². The molecular weight excluding hydrogens is 322 g/mol. The Labute approximate surface area is 148 Å². The Morgan fingerprint density at radius 3 is 2.67 bits per heavy atom. The first-order valence-electron chi connectivity index (χ1n) is 8.65. The van der Waals surface area contributed by atoms with Gasteiger partial charge in [-0.1, -0.05) is 44.9 Å². The van der Waals surface area contributed by atoms with E-state index in [1.165, 1.54) is 18.2 Å². The van der Waals surface area contributed by atoms with Crippen LogP contribution in [0.5, 0.6) is 0 Å². The quantitative estimate of drug-likeness (QED) is 0.629. The number of ether oxygens (including phenoxy) is 1. The number of rotatable bonds is 6. The second-order valence-corrected chi connectivity index (χ2v) is 7.66. The summed E-state index contributed by atoms with van der Waals surface area (Å²) in [6.07, 6.45) is 2.60. The molecule has 24 heavy (non-hydrogen) atoms. The third kappa shape index (κ3) is 5.55. The molecule has 4 nitrogen and oxygen atoms in total. The van der Waals surface area contributed by atoms with Crippen molar-refractivity contribution in [2.75, 3.05) is 5.75 Å². The van der Waals surface area contributed by atoms with E-state index in [0.29, 0.717) is 11.8 Å².